The largest absolute Gasteiger partial charge is 0.497 e. The molecule has 0 unspecified atom stereocenters. The molecule has 2 heterocycles. The number of para-hydroxylation sites is 1. The number of aryl methyl sites for hydroxylation is 3. The highest BCUT2D eigenvalue weighted by Crippen LogP contribution is 2.28. The second-order valence-corrected chi connectivity index (χ2v) is 8.61. The minimum Gasteiger partial charge on any atom is -0.497 e. The lowest BCUT2D eigenvalue weighted by Crippen LogP contribution is -2.26. The van der Waals surface area contributed by atoms with Crippen molar-refractivity contribution >= 4 is 16.9 Å². The second-order valence-electron chi connectivity index (χ2n) is 8.61. The average molecular weight is 473 g/mol. The number of rotatable bonds is 9. The molecule has 0 atom stereocenters. The Kier molecular flexibility index (Phi) is 7.34. The lowest BCUT2D eigenvalue weighted by Gasteiger charge is -2.13. The number of aromatic nitrogens is 3. The van der Waals surface area contributed by atoms with Gasteiger partial charge in [-0.05, 0) is 68.5 Å². The van der Waals surface area contributed by atoms with Gasteiger partial charge in [-0.2, -0.15) is 5.10 Å². The van der Waals surface area contributed by atoms with Gasteiger partial charge in [0, 0.05) is 30.1 Å². The Hall–Kier alpha value is -3.87. The van der Waals surface area contributed by atoms with Crippen LogP contribution in [0.4, 0.5) is 0 Å². The number of methoxy groups -OCH3 is 2. The number of fused-ring (bicyclic) bond motifs is 1. The molecule has 0 radical (unpaired) electrons. The van der Waals surface area contributed by atoms with Crippen molar-refractivity contribution in [2.45, 2.75) is 40.0 Å². The minimum atomic E-state index is 0.0214. The van der Waals surface area contributed by atoms with Crippen LogP contribution in [0.1, 0.15) is 34.5 Å². The van der Waals surface area contributed by atoms with Gasteiger partial charge in [0.2, 0.25) is 5.91 Å². The first-order valence-electron chi connectivity index (χ1n) is 11.8. The Morgan fingerprint density at radius 1 is 0.971 bits per heavy atom. The number of hydrogen-bond acceptors (Lipinski definition) is 5. The molecule has 0 aliphatic heterocycles. The number of carbonyl (C=O) groups excluding carboxylic acids is 1. The SMILES string of the molecule is COc1ccc(CCNC(=O)CCc2c(C)nc3c(c(C)nn3-c3ccccc3)c2C)c(OC)c1. The standard InChI is InChI=1S/C28H32N4O3/c1-18-24(13-14-26(33)29-16-15-21-11-12-23(34-4)17-25(21)35-5)19(2)30-28-27(18)20(3)31-32(28)22-9-7-6-8-10-22/h6-12,17H,13-16H2,1-5H3,(H,29,33). The molecule has 7 heteroatoms. The van der Waals surface area contributed by atoms with Gasteiger partial charge in [-0.25, -0.2) is 9.67 Å². The summed E-state index contributed by atoms with van der Waals surface area (Å²) < 4.78 is 12.6. The maximum atomic E-state index is 12.6. The Morgan fingerprint density at radius 2 is 1.74 bits per heavy atom. The van der Waals surface area contributed by atoms with Crippen LogP contribution in [0.5, 0.6) is 11.5 Å². The number of ether oxygens (including phenoxy) is 2. The topological polar surface area (TPSA) is 78.3 Å². The number of pyridine rings is 1. The lowest BCUT2D eigenvalue weighted by atomic mass is 9.99. The fraction of sp³-hybridized carbons (Fsp3) is 0.321. The zero-order chi connectivity index (χ0) is 24.9. The molecule has 182 valence electrons. The first kappa shape index (κ1) is 24.3. The number of amides is 1. The molecule has 35 heavy (non-hydrogen) atoms. The van der Waals surface area contributed by atoms with Crippen LogP contribution < -0.4 is 14.8 Å². The van der Waals surface area contributed by atoms with Crippen LogP contribution in [0.25, 0.3) is 16.7 Å². The molecule has 4 rings (SSSR count). The molecule has 1 N–H and O–H groups in total. The number of benzene rings is 2. The van der Waals surface area contributed by atoms with Crippen LogP contribution in [-0.4, -0.2) is 41.4 Å². The zero-order valence-electron chi connectivity index (χ0n) is 21.0. The van der Waals surface area contributed by atoms with Gasteiger partial charge in [0.15, 0.2) is 5.65 Å². The molecule has 2 aromatic heterocycles. The summed E-state index contributed by atoms with van der Waals surface area (Å²) in [5.41, 5.74) is 6.99. The van der Waals surface area contributed by atoms with Crippen LogP contribution in [0.3, 0.4) is 0 Å². The van der Waals surface area contributed by atoms with Crippen LogP contribution >= 0.6 is 0 Å². The Labute approximate surface area is 206 Å². The molecule has 0 aliphatic carbocycles. The summed E-state index contributed by atoms with van der Waals surface area (Å²) in [6, 6.07) is 15.8. The van der Waals surface area contributed by atoms with Gasteiger partial charge in [-0.15, -0.1) is 0 Å². The molecule has 0 saturated carbocycles. The van der Waals surface area contributed by atoms with Gasteiger partial charge in [-0.1, -0.05) is 24.3 Å². The quantitative estimate of drug-likeness (QED) is 0.384. The van der Waals surface area contributed by atoms with Gasteiger partial charge in [0.25, 0.3) is 0 Å². The molecule has 0 bridgehead atoms. The van der Waals surface area contributed by atoms with E-state index < -0.39 is 0 Å². The van der Waals surface area contributed by atoms with E-state index in [4.69, 9.17) is 19.6 Å². The summed E-state index contributed by atoms with van der Waals surface area (Å²) >= 11 is 0. The van der Waals surface area contributed by atoms with Crippen molar-refractivity contribution in [2.75, 3.05) is 20.8 Å². The van der Waals surface area contributed by atoms with Crippen molar-refractivity contribution in [2.24, 2.45) is 0 Å². The minimum absolute atomic E-state index is 0.0214. The predicted octanol–water partition coefficient (Wildman–Crippen LogP) is 4.65. The first-order chi connectivity index (χ1) is 16.9. The van der Waals surface area contributed by atoms with E-state index in [9.17, 15) is 4.79 Å². The van der Waals surface area contributed by atoms with Crippen molar-refractivity contribution in [1.29, 1.82) is 0 Å². The van der Waals surface area contributed by atoms with Gasteiger partial charge in [-0.3, -0.25) is 4.79 Å². The van der Waals surface area contributed by atoms with Gasteiger partial charge < -0.3 is 14.8 Å². The third kappa shape index (κ3) is 5.14. The van der Waals surface area contributed by atoms with E-state index in [1.54, 1.807) is 14.2 Å². The summed E-state index contributed by atoms with van der Waals surface area (Å²) in [6.07, 6.45) is 1.72. The normalized spacial score (nSPS) is 11.0. The van der Waals surface area contributed by atoms with E-state index in [1.165, 1.54) is 0 Å². The van der Waals surface area contributed by atoms with Gasteiger partial charge in [0.1, 0.15) is 11.5 Å². The van der Waals surface area contributed by atoms with Gasteiger partial charge >= 0.3 is 0 Å². The molecule has 2 aromatic carbocycles. The van der Waals surface area contributed by atoms with Crippen LogP contribution in [-0.2, 0) is 17.6 Å². The molecule has 0 aliphatic rings. The number of hydrogen-bond donors (Lipinski definition) is 1. The molecule has 1 amide bonds. The predicted molar refractivity (Wildman–Crippen MR) is 138 cm³/mol. The van der Waals surface area contributed by atoms with E-state index in [0.717, 1.165) is 56.3 Å². The molecule has 0 spiro atoms. The first-order valence-corrected chi connectivity index (χ1v) is 11.8. The zero-order valence-corrected chi connectivity index (χ0v) is 21.0. The molecule has 4 aromatic rings. The number of carbonyl (C=O) groups is 1. The number of nitrogens with one attached hydrogen (secondary N) is 1. The Bertz CT molecular complexity index is 1350. The van der Waals surface area contributed by atoms with E-state index >= 15 is 0 Å². The smallest absolute Gasteiger partial charge is 0.220 e. The second kappa shape index (κ2) is 10.6. The van der Waals surface area contributed by atoms with Crippen molar-refractivity contribution in [1.82, 2.24) is 20.1 Å². The average Bonchev–Trinajstić information content (AvgIpc) is 3.20. The summed E-state index contributed by atoms with van der Waals surface area (Å²) in [4.78, 5) is 17.5. The Balaban J connectivity index is 1.43. The number of nitrogens with zero attached hydrogens (tertiary/aromatic N) is 3. The lowest BCUT2D eigenvalue weighted by molar-refractivity contribution is -0.121. The van der Waals surface area contributed by atoms with Crippen molar-refractivity contribution in [3.8, 4) is 17.2 Å². The maximum absolute atomic E-state index is 12.6. The van der Waals surface area contributed by atoms with Crippen molar-refractivity contribution < 1.29 is 14.3 Å². The Morgan fingerprint density at radius 3 is 2.46 bits per heavy atom. The fourth-order valence-electron chi connectivity index (χ4n) is 4.55. The van der Waals surface area contributed by atoms with E-state index in [2.05, 4.69) is 12.2 Å². The highest BCUT2D eigenvalue weighted by atomic mass is 16.5. The van der Waals surface area contributed by atoms with Crippen molar-refractivity contribution in [3.63, 3.8) is 0 Å². The van der Waals surface area contributed by atoms with Crippen LogP contribution in [0.2, 0.25) is 0 Å². The maximum Gasteiger partial charge on any atom is 0.220 e. The molecule has 0 fully saturated rings. The van der Waals surface area contributed by atoms with Crippen LogP contribution in [0, 0.1) is 20.8 Å². The van der Waals surface area contributed by atoms with Crippen LogP contribution in [0.15, 0.2) is 48.5 Å². The summed E-state index contributed by atoms with van der Waals surface area (Å²) in [7, 11) is 3.26. The van der Waals surface area contributed by atoms with E-state index in [1.807, 2.05) is 67.1 Å². The van der Waals surface area contributed by atoms with E-state index in [0.29, 0.717) is 25.8 Å². The molecular formula is C28H32N4O3. The molecule has 0 saturated heterocycles. The van der Waals surface area contributed by atoms with Gasteiger partial charge in [0.05, 0.1) is 25.6 Å². The third-order valence-electron chi connectivity index (χ3n) is 6.39. The van der Waals surface area contributed by atoms with Crippen molar-refractivity contribution in [3.05, 3.63) is 76.6 Å². The molecule has 7 nitrogen and oxygen atoms in total. The van der Waals surface area contributed by atoms with E-state index in [-0.39, 0.29) is 5.91 Å². The third-order valence-corrected chi connectivity index (χ3v) is 6.39. The summed E-state index contributed by atoms with van der Waals surface area (Å²) in [5.74, 6) is 1.53. The monoisotopic (exact) mass is 472 g/mol. The highest BCUT2D eigenvalue weighted by molar-refractivity contribution is 5.85. The fourth-order valence-corrected chi connectivity index (χ4v) is 4.55. The highest BCUT2D eigenvalue weighted by Gasteiger charge is 2.18. The summed E-state index contributed by atoms with van der Waals surface area (Å²) in [6.45, 7) is 6.66. The molecular weight excluding hydrogens is 440 g/mol. The summed E-state index contributed by atoms with van der Waals surface area (Å²) in [5, 5.41) is 8.84.